The topological polar surface area (TPSA) is 39.1 Å². The molecule has 2 rings (SSSR count). The molecule has 1 heterocycles. The van der Waals surface area contributed by atoms with Crippen molar-refractivity contribution in [2.24, 2.45) is 0 Å². The average Bonchev–Trinajstić information content (AvgIpc) is 2.89. The van der Waals surface area contributed by atoms with Gasteiger partial charge in [-0.25, -0.2) is 8.78 Å². The molecule has 0 aliphatic carbocycles. The highest BCUT2D eigenvalue weighted by Crippen LogP contribution is 2.25. The molecule has 1 aromatic carbocycles. The molecule has 1 aromatic rings. The van der Waals surface area contributed by atoms with Gasteiger partial charge < -0.3 is 10.2 Å². The van der Waals surface area contributed by atoms with E-state index in [0.29, 0.717) is 13.1 Å². The minimum atomic E-state index is -0.670. The Morgan fingerprint density at radius 1 is 1.42 bits per heavy atom. The molecule has 1 unspecified atom stereocenters. The lowest BCUT2D eigenvalue weighted by molar-refractivity contribution is 0.543. The van der Waals surface area contributed by atoms with E-state index in [2.05, 4.69) is 5.32 Å². The number of nitrogens with one attached hydrogen (secondary N) is 1. The van der Waals surface area contributed by atoms with Crippen LogP contribution in [0.4, 0.5) is 14.5 Å². The Balaban J connectivity index is 2.24. The summed E-state index contributed by atoms with van der Waals surface area (Å²) < 4.78 is 27.9. The van der Waals surface area contributed by atoms with Gasteiger partial charge in [-0.2, -0.15) is 5.26 Å². The molecule has 0 radical (unpaired) electrons. The second-order valence-electron chi connectivity index (χ2n) is 4.73. The van der Waals surface area contributed by atoms with Gasteiger partial charge in [0.15, 0.2) is 11.6 Å². The molecule has 0 spiro atoms. The lowest BCUT2D eigenvalue weighted by atomic mass is 10.1. The van der Waals surface area contributed by atoms with Crippen LogP contribution >= 0.6 is 0 Å². The van der Waals surface area contributed by atoms with Crippen LogP contribution in [0.25, 0.3) is 0 Å². The van der Waals surface area contributed by atoms with Crippen molar-refractivity contribution in [3.05, 3.63) is 29.3 Å². The molecular formula is C14H17F2N3. The van der Waals surface area contributed by atoms with Crippen LogP contribution in [0.3, 0.4) is 0 Å². The summed E-state index contributed by atoms with van der Waals surface area (Å²) in [6.07, 6.45) is 2.12. The zero-order chi connectivity index (χ0) is 13.8. The Labute approximate surface area is 111 Å². The van der Waals surface area contributed by atoms with E-state index in [4.69, 9.17) is 5.26 Å². The van der Waals surface area contributed by atoms with Crippen molar-refractivity contribution in [2.45, 2.75) is 25.8 Å². The fourth-order valence-corrected chi connectivity index (χ4v) is 2.49. The number of hydrogen-bond acceptors (Lipinski definition) is 3. The molecule has 1 fully saturated rings. The molecule has 102 valence electrons. The predicted molar refractivity (Wildman–Crippen MR) is 70.0 cm³/mol. The monoisotopic (exact) mass is 265 g/mol. The molecule has 3 nitrogen and oxygen atoms in total. The van der Waals surface area contributed by atoms with Gasteiger partial charge in [0.05, 0.1) is 11.6 Å². The number of nitriles is 1. The van der Waals surface area contributed by atoms with Gasteiger partial charge in [-0.05, 0) is 38.4 Å². The van der Waals surface area contributed by atoms with Crippen LogP contribution in [0, 0.1) is 23.0 Å². The van der Waals surface area contributed by atoms with Crippen molar-refractivity contribution >= 4 is 5.69 Å². The first-order valence-electron chi connectivity index (χ1n) is 6.53. The number of benzene rings is 1. The van der Waals surface area contributed by atoms with Crippen molar-refractivity contribution < 1.29 is 8.78 Å². The number of rotatable bonds is 4. The first-order valence-corrected chi connectivity index (χ1v) is 6.53. The summed E-state index contributed by atoms with van der Waals surface area (Å²) in [4.78, 5) is 1.69. The maximum atomic E-state index is 14.0. The lowest BCUT2D eigenvalue weighted by Gasteiger charge is -2.27. The molecule has 1 atom stereocenters. The van der Waals surface area contributed by atoms with Crippen LogP contribution in [0.5, 0.6) is 0 Å². The molecular weight excluding hydrogens is 248 g/mol. The maximum absolute atomic E-state index is 14.0. The van der Waals surface area contributed by atoms with Crippen molar-refractivity contribution in [1.82, 2.24) is 5.32 Å². The van der Waals surface area contributed by atoms with E-state index in [-0.39, 0.29) is 17.3 Å². The van der Waals surface area contributed by atoms with Crippen LogP contribution in [-0.2, 0) is 0 Å². The Kier molecular flexibility index (Phi) is 4.33. The van der Waals surface area contributed by atoms with E-state index in [9.17, 15) is 8.78 Å². The Morgan fingerprint density at radius 3 is 2.58 bits per heavy atom. The van der Waals surface area contributed by atoms with Crippen LogP contribution < -0.4 is 10.2 Å². The second kappa shape index (κ2) is 5.98. The Hall–Kier alpha value is -1.67. The van der Waals surface area contributed by atoms with E-state index in [0.717, 1.165) is 31.5 Å². The average molecular weight is 265 g/mol. The number of anilines is 1. The highest BCUT2D eigenvalue weighted by Gasteiger charge is 2.22. The van der Waals surface area contributed by atoms with Gasteiger partial charge in [-0.15, -0.1) is 0 Å². The molecule has 0 aromatic heterocycles. The summed E-state index contributed by atoms with van der Waals surface area (Å²) in [5.74, 6) is -1.34. The SMILES string of the molecule is CCN(CC1CCCN1)c1c(F)cc(C#N)cc1F. The molecule has 0 bridgehead atoms. The molecule has 5 heteroatoms. The maximum Gasteiger partial charge on any atom is 0.150 e. The van der Waals surface area contributed by atoms with Gasteiger partial charge in [-0.1, -0.05) is 0 Å². The number of halogens is 2. The summed E-state index contributed by atoms with van der Waals surface area (Å²) in [5, 5.41) is 12.0. The van der Waals surface area contributed by atoms with Gasteiger partial charge in [-0.3, -0.25) is 0 Å². The normalized spacial score (nSPS) is 18.3. The van der Waals surface area contributed by atoms with Gasteiger partial charge in [0, 0.05) is 19.1 Å². The summed E-state index contributed by atoms with van der Waals surface area (Å²) in [7, 11) is 0. The third-order valence-corrected chi connectivity index (χ3v) is 3.45. The molecule has 1 aliphatic rings. The van der Waals surface area contributed by atoms with Gasteiger partial charge >= 0.3 is 0 Å². The fraction of sp³-hybridized carbons (Fsp3) is 0.500. The number of nitrogens with zero attached hydrogens (tertiary/aromatic N) is 2. The Morgan fingerprint density at radius 2 is 2.11 bits per heavy atom. The zero-order valence-electron chi connectivity index (χ0n) is 10.9. The lowest BCUT2D eigenvalue weighted by Crippen LogP contribution is -2.38. The molecule has 1 aliphatic heterocycles. The largest absolute Gasteiger partial charge is 0.366 e. The summed E-state index contributed by atoms with van der Waals surface area (Å²) >= 11 is 0. The highest BCUT2D eigenvalue weighted by molar-refractivity contribution is 5.52. The minimum absolute atomic E-state index is 0.00814. The van der Waals surface area contributed by atoms with Crippen LogP contribution in [0.15, 0.2) is 12.1 Å². The third-order valence-electron chi connectivity index (χ3n) is 3.45. The standard InChI is InChI=1S/C14H17F2N3/c1-2-19(9-11-4-3-5-18-11)14-12(15)6-10(8-17)7-13(14)16/h6-7,11,18H,2-5,9H2,1H3. The van der Waals surface area contributed by atoms with Crippen molar-refractivity contribution in [1.29, 1.82) is 5.26 Å². The van der Waals surface area contributed by atoms with E-state index in [1.165, 1.54) is 0 Å². The minimum Gasteiger partial charge on any atom is -0.366 e. The smallest absolute Gasteiger partial charge is 0.150 e. The number of hydrogen-bond donors (Lipinski definition) is 1. The van der Waals surface area contributed by atoms with E-state index in [1.807, 2.05) is 6.92 Å². The van der Waals surface area contributed by atoms with Crippen molar-refractivity contribution in [3.8, 4) is 6.07 Å². The number of likely N-dealkylation sites (N-methyl/N-ethyl adjacent to an activating group) is 1. The van der Waals surface area contributed by atoms with Gasteiger partial charge in [0.2, 0.25) is 0 Å². The van der Waals surface area contributed by atoms with E-state index >= 15 is 0 Å². The third kappa shape index (κ3) is 3.02. The van der Waals surface area contributed by atoms with Crippen LogP contribution in [-0.4, -0.2) is 25.7 Å². The first kappa shape index (κ1) is 13.8. The van der Waals surface area contributed by atoms with Crippen molar-refractivity contribution in [3.63, 3.8) is 0 Å². The fourth-order valence-electron chi connectivity index (χ4n) is 2.49. The summed E-state index contributed by atoms with van der Waals surface area (Å²) in [6, 6.07) is 4.20. The van der Waals surface area contributed by atoms with Crippen LogP contribution in [0.2, 0.25) is 0 Å². The first-order chi connectivity index (χ1) is 9.15. The van der Waals surface area contributed by atoms with Crippen LogP contribution in [0.1, 0.15) is 25.3 Å². The second-order valence-corrected chi connectivity index (χ2v) is 4.73. The summed E-state index contributed by atoms with van der Waals surface area (Å²) in [6.45, 7) is 3.93. The summed E-state index contributed by atoms with van der Waals surface area (Å²) in [5.41, 5.74) is -0.0241. The molecule has 19 heavy (non-hydrogen) atoms. The highest BCUT2D eigenvalue weighted by atomic mass is 19.1. The van der Waals surface area contributed by atoms with Gasteiger partial charge in [0.25, 0.3) is 0 Å². The van der Waals surface area contributed by atoms with Gasteiger partial charge in [0.1, 0.15) is 5.69 Å². The van der Waals surface area contributed by atoms with E-state index in [1.54, 1.807) is 11.0 Å². The molecule has 0 saturated carbocycles. The molecule has 1 N–H and O–H groups in total. The predicted octanol–water partition coefficient (Wildman–Crippen LogP) is 2.41. The Bertz CT molecular complexity index is 467. The molecule has 1 saturated heterocycles. The molecule has 0 amide bonds. The quantitative estimate of drug-likeness (QED) is 0.908. The zero-order valence-corrected chi connectivity index (χ0v) is 10.9. The van der Waals surface area contributed by atoms with E-state index < -0.39 is 11.6 Å². The van der Waals surface area contributed by atoms with Crippen molar-refractivity contribution in [2.75, 3.05) is 24.5 Å².